The number of carbonyl (C=O) groups excluding carboxylic acids is 3. The van der Waals surface area contributed by atoms with E-state index in [1.807, 2.05) is 22.6 Å². The zero-order valence-electron chi connectivity index (χ0n) is 21.5. The van der Waals surface area contributed by atoms with Crippen LogP contribution in [0.5, 0.6) is 5.75 Å². The summed E-state index contributed by atoms with van der Waals surface area (Å²) in [6.07, 6.45) is 0.565. The lowest BCUT2D eigenvalue weighted by atomic mass is 10.1. The number of nitrogens with zero attached hydrogens (tertiary/aromatic N) is 2. The quantitative estimate of drug-likeness (QED) is 0.221. The van der Waals surface area contributed by atoms with Gasteiger partial charge in [-0.3, -0.25) is 19.2 Å². The first-order chi connectivity index (χ1) is 15.6. The summed E-state index contributed by atoms with van der Waals surface area (Å²) in [7, 11) is 2.25. The number of ether oxygens (including phenoxy) is 1. The number of rotatable bonds is 7. The van der Waals surface area contributed by atoms with Gasteiger partial charge in [0.15, 0.2) is 19.9 Å². The van der Waals surface area contributed by atoms with Crippen molar-refractivity contribution in [3.05, 3.63) is 25.2 Å². The number of hydrogen-bond donors (Lipinski definition) is 1. The highest BCUT2D eigenvalue weighted by molar-refractivity contribution is 14.1. The van der Waals surface area contributed by atoms with Crippen LogP contribution in [0.15, 0.2) is 4.79 Å². The van der Waals surface area contributed by atoms with Crippen molar-refractivity contribution in [1.29, 1.82) is 0 Å². The van der Waals surface area contributed by atoms with E-state index in [0.717, 1.165) is 0 Å². The molecule has 0 saturated heterocycles. The Morgan fingerprint density at radius 1 is 1.24 bits per heavy atom. The van der Waals surface area contributed by atoms with Crippen molar-refractivity contribution in [2.75, 3.05) is 27.8 Å². The number of fused-ring (bicyclic) bond motifs is 1. The van der Waals surface area contributed by atoms with Crippen LogP contribution < -0.4 is 15.5 Å². The van der Waals surface area contributed by atoms with Gasteiger partial charge in [-0.15, -0.1) is 0 Å². The summed E-state index contributed by atoms with van der Waals surface area (Å²) < 4.78 is 14.0. The second kappa shape index (κ2) is 10.5. The largest absolute Gasteiger partial charge is 0.491 e. The molecule has 34 heavy (non-hydrogen) atoms. The second-order valence-corrected chi connectivity index (χ2v) is 16.1. The van der Waals surface area contributed by atoms with Crippen LogP contribution in [0.25, 0.3) is 0 Å². The average Bonchev–Trinajstić information content (AvgIpc) is 3.10. The predicted octanol–water partition coefficient (Wildman–Crippen LogP) is 3.27. The molecule has 11 heteroatoms. The number of aromatic nitrogens is 1. The van der Waals surface area contributed by atoms with Crippen molar-refractivity contribution in [2.45, 2.75) is 70.8 Å². The Morgan fingerprint density at radius 2 is 1.82 bits per heavy atom. The lowest BCUT2D eigenvalue weighted by Crippen LogP contribution is -2.42. The van der Waals surface area contributed by atoms with E-state index in [4.69, 9.17) is 9.16 Å². The molecule has 1 N–H and O–H groups in total. The van der Waals surface area contributed by atoms with Crippen molar-refractivity contribution in [3.8, 4) is 5.75 Å². The molecule has 190 valence electrons. The fourth-order valence-electron chi connectivity index (χ4n) is 3.68. The Labute approximate surface area is 215 Å². The van der Waals surface area contributed by atoms with Crippen LogP contribution >= 0.6 is 22.6 Å². The van der Waals surface area contributed by atoms with Crippen molar-refractivity contribution in [2.24, 2.45) is 0 Å². The molecule has 0 fully saturated rings. The molecule has 2 amide bonds. The van der Waals surface area contributed by atoms with Gasteiger partial charge < -0.3 is 23.9 Å². The Morgan fingerprint density at radius 3 is 2.29 bits per heavy atom. The average molecular weight is 606 g/mol. The Bertz CT molecular complexity index is 1040. The van der Waals surface area contributed by atoms with Crippen LogP contribution in [0.4, 0.5) is 0 Å². The SMILES string of the molecule is CCC(=O)c1c(OC)c(=O)c(I)c2n1[C@H](CO[Si](C)(C)C(C)(C)C)CC2NC(=O)C(=O)N(C)C. The van der Waals surface area contributed by atoms with Crippen molar-refractivity contribution >= 4 is 48.5 Å². The molecule has 0 spiro atoms. The molecule has 1 unspecified atom stereocenters. The number of ketones is 1. The summed E-state index contributed by atoms with van der Waals surface area (Å²) in [6, 6.07) is -0.948. The first-order valence-electron chi connectivity index (χ1n) is 11.3. The minimum absolute atomic E-state index is 0.00586. The number of Topliss-reactive ketones (excluding diaryl/α,β-unsaturated/α-hetero) is 1. The van der Waals surface area contributed by atoms with Crippen LogP contribution in [0.3, 0.4) is 0 Å². The summed E-state index contributed by atoms with van der Waals surface area (Å²) in [5, 5.41) is 2.76. The van der Waals surface area contributed by atoms with Crippen molar-refractivity contribution < 1.29 is 23.5 Å². The molecule has 2 atom stereocenters. The number of likely N-dealkylation sites (N-methyl/N-ethyl adjacent to an activating group) is 1. The monoisotopic (exact) mass is 605 g/mol. The predicted molar refractivity (Wildman–Crippen MR) is 141 cm³/mol. The number of methoxy groups -OCH3 is 1. The van der Waals surface area contributed by atoms with Crippen LogP contribution in [0.2, 0.25) is 18.1 Å². The van der Waals surface area contributed by atoms with E-state index < -0.39 is 31.6 Å². The number of amides is 2. The van der Waals surface area contributed by atoms with Gasteiger partial charge in [0.05, 0.1) is 35.1 Å². The van der Waals surface area contributed by atoms with Gasteiger partial charge in [0.2, 0.25) is 5.43 Å². The molecule has 1 aliphatic rings. The number of nitrogens with one attached hydrogen (secondary N) is 1. The van der Waals surface area contributed by atoms with Gasteiger partial charge in [-0.25, -0.2) is 0 Å². The highest BCUT2D eigenvalue weighted by Gasteiger charge is 2.42. The molecule has 0 radical (unpaired) electrons. The van der Waals surface area contributed by atoms with Crippen molar-refractivity contribution in [3.63, 3.8) is 0 Å². The van der Waals surface area contributed by atoms with Gasteiger partial charge in [0, 0.05) is 20.5 Å². The normalized spacial score (nSPS) is 17.8. The van der Waals surface area contributed by atoms with E-state index in [1.54, 1.807) is 11.5 Å². The minimum atomic E-state index is -2.12. The van der Waals surface area contributed by atoms with Gasteiger partial charge in [-0.2, -0.15) is 0 Å². The fourth-order valence-corrected chi connectivity index (χ4v) is 5.60. The second-order valence-electron chi connectivity index (χ2n) is 10.2. The topological polar surface area (TPSA) is 107 Å². The molecule has 1 aliphatic heterocycles. The molecule has 0 aliphatic carbocycles. The highest BCUT2D eigenvalue weighted by Crippen LogP contribution is 2.42. The third kappa shape index (κ3) is 5.40. The standard InChI is InChI=1S/C23H36IN3O6Si/c1-10-15(28)18-20(32-7)19(29)16(24)17-14(25-21(30)22(31)26(5)6)11-13(27(17)18)12-33-34(8,9)23(2,3)4/h13-14H,10-12H2,1-9H3,(H,25,30)/t13-,14?/m0/s1. The summed E-state index contributed by atoms with van der Waals surface area (Å²) in [6.45, 7) is 12.8. The Kier molecular flexibility index (Phi) is 8.79. The molecule has 9 nitrogen and oxygen atoms in total. The van der Waals surface area contributed by atoms with Crippen LogP contribution in [0, 0.1) is 3.57 Å². The van der Waals surface area contributed by atoms with Crippen LogP contribution in [0.1, 0.15) is 68.8 Å². The van der Waals surface area contributed by atoms with E-state index in [1.165, 1.54) is 26.1 Å². The highest BCUT2D eigenvalue weighted by atomic mass is 127. The molecule has 2 heterocycles. The molecule has 2 rings (SSSR count). The Balaban J connectivity index is 2.66. The third-order valence-electron chi connectivity index (χ3n) is 6.69. The van der Waals surface area contributed by atoms with Crippen LogP contribution in [-0.4, -0.2) is 63.2 Å². The molecular formula is C23H36IN3O6Si. The molecule has 1 aromatic rings. The third-order valence-corrected chi connectivity index (χ3v) is 12.2. The molecule has 0 aromatic carbocycles. The summed E-state index contributed by atoms with van der Waals surface area (Å²) in [5.41, 5.74) is 0.284. The molecule has 1 aromatic heterocycles. The number of pyridine rings is 1. The van der Waals surface area contributed by atoms with E-state index in [2.05, 4.69) is 39.2 Å². The number of carbonyl (C=O) groups is 3. The molecular weight excluding hydrogens is 569 g/mol. The minimum Gasteiger partial charge on any atom is -0.491 e. The smallest absolute Gasteiger partial charge is 0.311 e. The maximum Gasteiger partial charge on any atom is 0.311 e. The van der Waals surface area contributed by atoms with Gasteiger partial charge in [0.1, 0.15) is 5.69 Å². The van der Waals surface area contributed by atoms with Gasteiger partial charge in [-0.05, 0) is 47.1 Å². The lowest BCUT2D eigenvalue weighted by molar-refractivity contribution is -0.144. The molecule has 0 saturated carbocycles. The maximum absolute atomic E-state index is 13.1. The zero-order chi connectivity index (χ0) is 26.2. The first kappa shape index (κ1) is 28.5. The first-order valence-corrected chi connectivity index (χ1v) is 15.3. The summed E-state index contributed by atoms with van der Waals surface area (Å²) in [4.78, 5) is 52.1. The summed E-state index contributed by atoms with van der Waals surface area (Å²) in [5.74, 6) is -1.70. The van der Waals surface area contributed by atoms with Gasteiger partial charge >= 0.3 is 11.8 Å². The fraction of sp³-hybridized carbons (Fsp3) is 0.652. The zero-order valence-corrected chi connectivity index (χ0v) is 24.7. The van der Waals surface area contributed by atoms with Crippen molar-refractivity contribution in [1.82, 2.24) is 14.8 Å². The maximum atomic E-state index is 13.1. The number of halogens is 1. The number of hydrogen-bond acceptors (Lipinski definition) is 6. The molecule has 0 bridgehead atoms. The van der Waals surface area contributed by atoms with E-state index in [0.29, 0.717) is 22.3 Å². The Hall–Kier alpha value is -1.73. The van der Waals surface area contributed by atoms with E-state index >= 15 is 0 Å². The summed E-state index contributed by atoms with van der Waals surface area (Å²) >= 11 is 1.93. The van der Waals surface area contributed by atoms with Gasteiger partial charge in [-0.1, -0.05) is 27.7 Å². The van der Waals surface area contributed by atoms with Gasteiger partial charge in [0.25, 0.3) is 0 Å². The van der Waals surface area contributed by atoms with Crippen LogP contribution in [-0.2, 0) is 14.0 Å². The lowest BCUT2D eigenvalue weighted by Gasteiger charge is -2.37. The van der Waals surface area contributed by atoms with E-state index in [9.17, 15) is 19.2 Å². The van der Waals surface area contributed by atoms with E-state index in [-0.39, 0.29) is 34.7 Å².